The maximum atomic E-state index is 14.4. The van der Waals surface area contributed by atoms with Crippen LogP contribution in [0.5, 0.6) is 0 Å². The molecule has 1 aliphatic heterocycles. The molecule has 1 fully saturated rings. The van der Waals surface area contributed by atoms with Gasteiger partial charge in [0.25, 0.3) is 5.91 Å². The number of amides is 1. The van der Waals surface area contributed by atoms with Crippen molar-refractivity contribution in [2.45, 2.75) is 68.6 Å². The lowest BCUT2D eigenvalue weighted by atomic mass is 9.99. The number of hydrogen-bond acceptors (Lipinski definition) is 12. The van der Waals surface area contributed by atoms with Gasteiger partial charge in [-0.2, -0.15) is 13.2 Å². The molecule has 1 aromatic heterocycles. The molecule has 12 nitrogen and oxygen atoms in total. The van der Waals surface area contributed by atoms with Crippen LogP contribution in [0.25, 0.3) is 10.9 Å². The number of anilines is 1. The molecule has 1 amide bonds. The van der Waals surface area contributed by atoms with Crippen molar-refractivity contribution in [3.8, 4) is 0 Å². The highest BCUT2D eigenvalue weighted by atomic mass is 32.2. The van der Waals surface area contributed by atoms with E-state index < -0.39 is 83.5 Å². The first-order chi connectivity index (χ1) is 22.1. The van der Waals surface area contributed by atoms with Gasteiger partial charge >= 0.3 is 30.1 Å². The summed E-state index contributed by atoms with van der Waals surface area (Å²) in [6, 6.07) is 11.2. The SMILES string of the molecule is CC(=O)OC[C@H]1O[C@@H](Sc2cccc(C(F)(F)F)c2C(=O)Nc2cccc3cccnc23)[C@H](OC(C)=O)[C@@H](OC(C)=O)[C@@H]1OC(C)=O. The molecule has 1 N–H and O–H groups in total. The van der Waals surface area contributed by atoms with E-state index in [2.05, 4.69) is 10.3 Å². The van der Waals surface area contributed by atoms with Crippen LogP contribution in [0.4, 0.5) is 18.9 Å². The Bertz CT molecular complexity index is 1680. The minimum absolute atomic E-state index is 0.147. The van der Waals surface area contributed by atoms with E-state index in [1.165, 1.54) is 18.3 Å². The Morgan fingerprint density at radius 1 is 0.830 bits per heavy atom. The Morgan fingerprint density at radius 2 is 1.45 bits per heavy atom. The van der Waals surface area contributed by atoms with Crippen LogP contribution in [-0.2, 0) is 49.0 Å². The Labute approximate surface area is 270 Å². The van der Waals surface area contributed by atoms with Crippen LogP contribution in [0.1, 0.15) is 43.6 Å². The van der Waals surface area contributed by atoms with Gasteiger partial charge in [-0.25, -0.2) is 0 Å². The molecule has 0 unspecified atom stereocenters. The number of fused-ring (bicyclic) bond motifs is 1. The molecule has 5 atom stereocenters. The number of hydrogen-bond donors (Lipinski definition) is 1. The fraction of sp³-hybridized carbons (Fsp3) is 0.355. The average Bonchev–Trinajstić information content (AvgIpc) is 2.98. The number of nitrogens with one attached hydrogen (secondary N) is 1. The van der Waals surface area contributed by atoms with Crippen molar-refractivity contribution in [3.05, 3.63) is 65.9 Å². The Hall–Kier alpha value is -4.70. The number of benzene rings is 2. The van der Waals surface area contributed by atoms with E-state index in [1.54, 1.807) is 24.3 Å². The second-order valence-electron chi connectivity index (χ2n) is 10.2. The van der Waals surface area contributed by atoms with Crippen molar-refractivity contribution in [1.82, 2.24) is 4.98 Å². The summed E-state index contributed by atoms with van der Waals surface area (Å²) < 4.78 is 70.4. The highest BCUT2D eigenvalue weighted by Gasteiger charge is 2.53. The zero-order valence-corrected chi connectivity index (χ0v) is 26.2. The highest BCUT2D eigenvalue weighted by molar-refractivity contribution is 8.00. The third kappa shape index (κ3) is 8.77. The smallest absolute Gasteiger partial charge is 0.417 e. The van der Waals surface area contributed by atoms with Crippen molar-refractivity contribution in [2.75, 3.05) is 11.9 Å². The standard InChI is InChI=1S/C31H29F3N2O10S/c1-15(37)42-14-22-26(43-16(2)38)27(44-17(3)39)28(45-18(4)40)30(46-22)47-23-12-6-10-20(31(32,33)34)24(23)29(41)36-21-11-5-8-19-9-7-13-35-25(19)21/h5-13,22,26-28,30H,14H2,1-4H3,(H,36,41)/t22-,26-,27+,28-,30+/m1/s1. The van der Waals surface area contributed by atoms with E-state index in [-0.39, 0.29) is 10.6 Å². The number of carbonyl (C=O) groups is 5. The Balaban J connectivity index is 1.81. The van der Waals surface area contributed by atoms with Crippen LogP contribution in [0.2, 0.25) is 0 Å². The van der Waals surface area contributed by atoms with Gasteiger partial charge in [0.05, 0.1) is 22.3 Å². The molecular weight excluding hydrogens is 649 g/mol. The zero-order chi connectivity index (χ0) is 34.5. The molecule has 1 aliphatic rings. The number of aromatic nitrogens is 1. The van der Waals surface area contributed by atoms with E-state index >= 15 is 0 Å². The predicted octanol–water partition coefficient (Wildman–Crippen LogP) is 4.68. The van der Waals surface area contributed by atoms with Crippen LogP contribution in [0.3, 0.4) is 0 Å². The van der Waals surface area contributed by atoms with Gasteiger partial charge in [-0.1, -0.05) is 36.0 Å². The molecule has 0 saturated carbocycles. The third-order valence-electron chi connectivity index (χ3n) is 6.63. The molecule has 1 saturated heterocycles. The molecule has 0 aliphatic carbocycles. The summed E-state index contributed by atoms with van der Waals surface area (Å²) in [5.41, 5.74) is -3.07. The topological polar surface area (TPSA) is 156 Å². The molecule has 3 aromatic rings. The number of rotatable bonds is 9. The molecule has 4 rings (SSSR count). The summed E-state index contributed by atoms with van der Waals surface area (Å²) in [6.07, 6.45) is -9.47. The van der Waals surface area contributed by atoms with Crippen molar-refractivity contribution in [3.63, 3.8) is 0 Å². The van der Waals surface area contributed by atoms with Gasteiger partial charge in [0, 0.05) is 44.2 Å². The van der Waals surface area contributed by atoms with Crippen LogP contribution in [0, 0.1) is 0 Å². The van der Waals surface area contributed by atoms with Crippen molar-refractivity contribution < 1.29 is 60.8 Å². The van der Waals surface area contributed by atoms with E-state index in [0.29, 0.717) is 22.7 Å². The monoisotopic (exact) mass is 678 g/mol. The average molecular weight is 679 g/mol. The quantitative estimate of drug-likeness (QED) is 0.247. The summed E-state index contributed by atoms with van der Waals surface area (Å²) in [7, 11) is 0. The summed E-state index contributed by atoms with van der Waals surface area (Å²) in [5, 5.41) is 3.14. The first-order valence-electron chi connectivity index (χ1n) is 14.0. The van der Waals surface area contributed by atoms with Crippen molar-refractivity contribution in [2.24, 2.45) is 0 Å². The van der Waals surface area contributed by atoms with Crippen LogP contribution in [0.15, 0.2) is 59.6 Å². The first kappa shape index (κ1) is 35.2. The molecule has 2 heterocycles. The predicted molar refractivity (Wildman–Crippen MR) is 159 cm³/mol. The number of pyridine rings is 1. The lowest BCUT2D eigenvalue weighted by Crippen LogP contribution is -2.61. The second-order valence-corrected chi connectivity index (χ2v) is 11.3. The van der Waals surface area contributed by atoms with Gasteiger partial charge in [0.1, 0.15) is 18.1 Å². The second kappa shape index (κ2) is 14.8. The lowest BCUT2D eigenvalue weighted by molar-refractivity contribution is -0.237. The van der Waals surface area contributed by atoms with Gasteiger partial charge in [0.2, 0.25) is 0 Å². The normalized spacial score (nSPS) is 21.0. The van der Waals surface area contributed by atoms with Gasteiger partial charge in [0.15, 0.2) is 18.3 Å². The number of ether oxygens (including phenoxy) is 5. The largest absolute Gasteiger partial charge is 0.463 e. The maximum absolute atomic E-state index is 14.4. The van der Waals surface area contributed by atoms with E-state index in [9.17, 15) is 37.1 Å². The van der Waals surface area contributed by atoms with Gasteiger partial charge in [-0.05, 0) is 24.3 Å². The molecule has 0 spiro atoms. The third-order valence-corrected chi connectivity index (χ3v) is 7.84. The van der Waals surface area contributed by atoms with Crippen LogP contribution >= 0.6 is 11.8 Å². The molecule has 16 heteroatoms. The highest BCUT2D eigenvalue weighted by Crippen LogP contribution is 2.42. The van der Waals surface area contributed by atoms with Gasteiger partial charge in [-0.3, -0.25) is 29.0 Å². The summed E-state index contributed by atoms with van der Waals surface area (Å²) in [4.78, 5) is 65.7. The van der Waals surface area contributed by atoms with Crippen LogP contribution < -0.4 is 5.32 Å². The van der Waals surface area contributed by atoms with E-state index in [4.69, 9.17) is 23.7 Å². The number of nitrogens with zero attached hydrogens (tertiary/aromatic N) is 1. The minimum Gasteiger partial charge on any atom is -0.463 e. The Morgan fingerprint density at radius 3 is 2.09 bits per heavy atom. The Kier molecular flexibility index (Phi) is 11.1. The zero-order valence-electron chi connectivity index (χ0n) is 25.4. The van der Waals surface area contributed by atoms with Crippen molar-refractivity contribution >= 4 is 58.1 Å². The summed E-state index contributed by atoms with van der Waals surface area (Å²) in [5.74, 6) is -4.51. The van der Waals surface area contributed by atoms with Crippen molar-refractivity contribution in [1.29, 1.82) is 0 Å². The first-order valence-corrected chi connectivity index (χ1v) is 14.9. The van der Waals surface area contributed by atoms with Gasteiger partial charge in [-0.15, -0.1) is 0 Å². The fourth-order valence-electron chi connectivity index (χ4n) is 4.90. The maximum Gasteiger partial charge on any atom is 0.417 e. The number of thioether (sulfide) groups is 1. The summed E-state index contributed by atoms with van der Waals surface area (Å²) >= 11 is 0.556. The molecule has 2 aromatic carbocycles. The number of halogens is 3. The van der Waals surface area contributed by atoms with E-state index in [0.717, 1.165) is 39.8 Å². The molecule has 0 radical (unpaired) electrons. The lowest BCUT2D eigenvalue weighted by Gasteiger charge is -2.44. The number of alkyl halides is 3. The molecule has 250 valence electrons. The van der Waals surface area contributed by atoms with E-state index in [1.807, 2.05) is 0 Å². The number of carbonyl (C=O) groups excluding carboxylic acids is 5. The summed E-state index contributed by atoms with van der Waals surface area (Å²) in [6.45, 7) is 3.67. The fourth-order valence-corrected chi connectivity index (χ4v) is 6.17. The minimum atomic E-state index is -4.98. The molecule has 47 heavy (non-hydrogen) atoms. The van der Waals surface area contributed by atoms with Crippen LogP contribution in [-0.4, -0.2) is 71.2 Å². The molecule has 0 bridgehead atoms. The number of esters is 4. The molecular formula is C31H29F3N2O10S. The number of para-hydroxylation sites is 1. The van der Waals surface area contributed by atoms with Gasteiger partial charge < -0.3 is 29.0 Å².